The second kappa shape index (κ2) is 11.9. The number of aromatic nitrogens is 3. The van der Waals surface area contributed by atoms with E-state index in [2.05, 4.69) is 20.3 Å². The summed E-state index contributed by atoms with van der Waals surface area (Å²) in [4.78, 5) is 32.5. The van der Waals surface area contributed by atoms with Crippen LogP contribution in [0.4, 0.5) is 32.0 Å². The lowest BCUT2D eigenvalue weighted by molar-refractivity contribution is -0.142. The molecular weight excluding hydrogens is 558 g/mol. The predicted molar refractivity (Wildman–Crippen MR) is 127 cm³/mol. The summed E-state index contributed by atoms with van der Waals surface area (Å²) in [6.45, 7) is 0. The van der Waals surface area contributed by atoms with E-state index in [1.54, 1.807) is 0 Å². The van der Waals surface area contributed by atoms with Gasteiger partial charge < -0.3 is 20.1 Å². The summed E-state index contributed by atoms with van der Waals surface area (Å²) in [6, 6.07) is 10.3. The average Bonchev–Trinajstić information content (AvgIpc) is 2.84. The SMILES string of the molecule is O=C(Nc1cc[nH]c(=O)c1)c1ccc(Cl)cc1Oc1ccc(C(F)(F)F)nc1.Oc1ccc(C(F)(F)F)nc1. The maximum absolute atomic E-state index is 12.6. The standard InChI is InChI=1S/C18H11ClF3N3O3.C6H4F3NO/c19-10-1-3-13(17(27)25-11-5-6-23-16(26)8-11)14(7-10)28-12-2-4-15(24-9-12)18(20,21)22;7-6(8,9)5-2-1-4(11)3-10-5/h1-9H,(H2,23,25,26,27);1-3,11H. The quantitative estimate of drug-likeness (QED) is 0.247. The number of hydrogen-bond acceptors (Lipinski definition) is 6. The highest BCUT2D eigenvalue weighted by Gasteiger charge is 2.32. The van der Waals surface area contributed by atoms with Crippen molar-refractivity contribution in [2.45, 2.75) is 12.4 Å². The third kappa shape index (κ3) is 8.46. The number of carbonyl (C=O) groups is 1. The van der Waals surface area contributed by atoms with Gasteiger partial charge >= 0.3 is 12.4 Å². The summed E-state index contributed by atoms with van der Waals surface area (Å²) in [5.74, 6) is -0.882. The number of H-pyrrole nitrogens is 1. The average molecular weight is 573 g/mol. The molecule has 8 nitrogen and oxygen atoms in total. The highest BCUT2D eigenvalue weighted by Crippen LogP contribution is 2.32. The number of nitrogens with one attached hydrogen (secondary N) is 2. The smallest absolute Gasteiger partial charge is 0.433 e. The molecule has 15 heteroatoms. The zero-order valence-corrected chi connectivity index (χ0v) is 19.9. The molecule has 3 N–H and O–H groups in total. The molecule has 0 bridgehead atoms. The van der Waals surface area contributed by atoms with Crippen molar-refractivity contribution in [3.63, 3.8) is 0 Å². The monoisotopic (exact) mass is 572 g/mol. The Kier molecular flexibility index (Phi) is 8.81. The molecule has 0 aliphatic carbocycles. The largest absolute Gasteiger partial charge is 0.506 e. The number of pyridine rings is 3. The van der Waals surface area contributed by atoms with E-state index in [1.165, 1.54) is 36.5 Å². The lowest BCUT2D eigenvalue weighted by atomic mass is 10.2. The van der Waals surface area contributed by atoms with Crippen LogP contribution in [-0.4, -0.2) is 26.0 Å². The number of rotatable bonds is 4. The fourth-order valence-electron chi connectivity index (χ4n) is 2.78. The van der Waals surface area contributed by atoms with Crippen LogP contribution in [0.15, 0.2) is 78.0 Å². The molecule has 1 amide bonds. The molecule has 0 unspecified atom stereocenters. The molecule has 4 aromatic rings. The first-order chi connectivity index (χ1) is 18.2. The third-order valence-electron chi connectivity index (χ3n) is 4.51. The highest BCUT2D eigenvalue weighted by molar-refractivity contribution is 6.31. The Morgan fingerprint density at radius 1 is 0.897 bits per heavy atom. The normalized spacial score (nSPS) is 11.3. The third-order valence-corrected chi connectivity index (χ3v) is 4.75. The van der Waals surface area contributed by atoms with Crippen molar-refractivity contribution in [3.8, 4) is 17.2 Å². The van der Waals surface area contributed by atoms with E-state index in [1.807, 2.05) is 0 Å². The van der Waals surface area contributed by atoms with Gasteiger partial charge in [-0.2, -0.15) is 26.3 Å². The molecule has 204 valence electrons. The molecule has 0 saturated carbocycles. The van der Waals surface area contributed by atoms with Crippen LogP contribution in [0.3, 0.4) is 0 Å². The van der Waals surface area contributed by atoms with Crippen molar-refractivity contribution >= 4 is 23.2 Å². The van der Waals surface area contributed by atoms with Crippen molar-refractivity contribution in [3.05, 3.63) is 106 Å². The predicted octanol–water partition coefficient (Wildman–Crippen LogP) is 6.29. The fraction of sp³-hybridized carbons (Fsp3) is 0.0833. The Balaban J connectivity index is 0.000000320. The van der Waals surface area contributed by atoms with Gasteiger partial charge in [0.15, 0.2) is 0 Å². The summed E-state index contributed by atoms with van der Waals surface area (Å²) in [5.41, 5.74) is -2.16. The Morgan fingerprint density at radius 2 is 1.54 bits per heavy atom. The first-order valence-electron chi connectivity index (χ1n) is 10.5. The van der Waals surface area contributed by atoms with E-state index in [-0.39, 0.29) is 33.5 Å². The van der Waals surface area contributed by atoms with Crippen LogP contribution in [0.25, 0.3) is 0 Å². The van der Waals surface area contributed by atoms with Crippen LogP contribution < -0.4 is 15.6 Å². The second-order valence-corrected chi connectivity index (χ2v) is 7.85. The van der Waals surface area contributed by atoms with Crippen molar-refractivity contribution in [2.24, 2.45) is 0 Å². The second-order valence-electron chi connectivity index (χ2n) is 7.41. The van der Waals surface area contributed by atoms with Gasteiger partial charge in [-0.05, 0) is 42.5 Å². The Bertz CT molecular complexity index is 1490. The molecule has 4 rings (SSSR count). The van der Waals surface area contributed by atoms with Crippen LogP contribution in [0.5, 0.6) is 17.2 Å². The van der Waals surface area contributed by atoms with Crippen LogP contribution >= 0.6 is 11.6 Å². The van der Waals surface area contributed by atoms with Crippen LogP contribution in [0.2, 0.25) is 5.02 Å². The van der Waals surface area contributed by atoms with Crippen molar-refractivity contribution < 1.29 is 41.0 Å². The minimum atomic E-state index is -4.58. The van der Waals surface area contributed by atoms with E-state index in [4.69, 9.17) is 21.4 Å². The van der Waals surface area contributed by atoms with Gasteiger partial charge in [0.05, 0.1) is 18.0 Å². The van der Waals surface area contributed by atoms with E-state index < -0.39 is 35.2 Å². The molecule has 0 aliphatic rings. The molecule has 1 aromatic carbocycles. The van der Waals surface area contributed by atoms with Crippen molar-refractivity contribution in [2.75, 3.05) is 5.32 Å². The fourth-order valence-corrected chi connectivity index (χ4v) is 2.94. The summed E-state index contributed by atoms with van der Waals surface area (Å²) < 4.78 is 78.6. The van der Waals surface area contributed by atoms with E-state index >= 15 is 0 Å². The molecule has 3 heterocycles. The van der Waals surface area contributed by atoms with Gasteiger partial charge in [-0.15, -0.1) is 0 Å². The number of anilines is 1. The number of ether oxygens (including phenoxy) is 1. The topological polar surface area (TPSA) is 117 Å². The number of aromatic amines is 1. The summed E-state index contributed by atoms with van der Waals surface area (Å²) in [5, 5.41) is 11.4. The van der Waals surface area contributed by atoms with E-state index in [9.17, 15) is 35.9 Å². The lowest BCUT2D eigenvalue weighted by Gasteiger charge is -2.12. The number of benzene rings is 1. The molecule has 0 saturated heterocycles. The molecular formula is C24H15ClF6N4O4. The zero-order valence-electron chi connectivity index (χ0n) is 19.1. The number of alkyl halides is 6. The van der Waals surface area contributed by atoms with Gasteiger partial charge in [-0.1, -0.05) is 11.6 Å². The van der Waals surface area contributed by atoms with Gasteiger partial charge in [0.1, 0.15) is 28.6 Å². The van der Waals surface area contributed by atoms with Gasteiger partial charge in [0.25, 0.3) is 5.91 Å². The Morgan fingerprint density at radius 3 is 2.08 bits per heavy atom. The first-order valence-corrected chi connectivity index (χ1v) is 10.8. The minimum Gasteiger partial charge on any atom is -0.506 e. The number of nitrogens with zero attached hydrogens (tertiary/aromatic N) is 2. The van der Waals surface area contributed by atoms with Gasteiger partial charge in [0, 0.05) is 29.0 Å². The first kappa shape index (κ1) is 29.0. The number of hydrogen-bond donors (Lipinski definition) is 3. The van der Waals surface area contributed by atoms with E-state index in [0.717, 1.165) is 36.7 Å². The summed E-state index contributed by atoms with van der Waals surface area (Å²) in [7, 11) is 0. The maximum Gasteiger partial charge on any atom is 0.433 e. The Labute approximate surface area is 219 Å². The molecule has 0 radical (unpaired) electrons. The molecule has 0 spiro atoms. The summed E-state index contributed by atoms with van der Waals surface area (Å²) in [6.07, 6.45) is -6.00. The maximum atomic E-state index is 12.6. The van der Waals surface area contributed by atoms with Gasteiger partial charge in [-0.25, -0.2) is 9.97 Å². The lowest BCUT2D eigenvalue weighted by Crippen LogP contribution is -2.15. The summed E-state index contributed by atoms with van der Waals surface area (Å²) >= 11 is 5.93. The van der Waals surface area contributed by atoms with Crippen LogP contribution in [-0.2, 0) is 12.4 Å². The van der Waals surface area contributed by atoms with Gasteiger partial charge in [0.2, 0.25) is 5.56 Å². The molecule has 0 atom stereocenters. The van der Waals surface area contributed by atoms with Crippen LogP contribution in [0.1, 0.15) is 21.7 Å². The molecule has 39 heavy (non-hydrogen) atoms. The zero-order chi connectivity index (χ0) is 28.8. The van der Waals surface area contributed by atoms with E-state index in [0.29, 0.717) is 0 Å². The molecule has 0 aliphatic heterocycles. The number of aromatic hydroxyl groups is 1. The number of halogens is 7. The Hall–Kier alpha value is -4.59. The van der Waals surface area contributed by atoms with Crippen molar-refractivity contribution in [1.82, 2.24) is 15.0 Å². The number of amides is 1. The van der Waals surface area contributed by atoms with Crippen molar-refractivity contribution in [1.29, 1.82) is 0 Å². The van der Waals surface area contributed by atoms with Crippen LogP contribution in [0, 0.1) is 0 Å². The number of carbonyl (C=O) groups excluding carboxylic acids is 1. The molecule has 3 aromatic heterocycles. The highest BCUT2D eigenvalue weighted by atomic mass is 35.5. The molecule has 0 fully saturated rings. The van der Waals surface area contributed by atoms with Gasteiger partial charge in [-0.3, -0.25) is 9.59 Å². The minimum absolute atomic E-state index is 0.0106.